The van der Waals surface area contributed by atoms with Crippen LogP contribution in [0.15, 0.2) is 30.5 Å². The van der Waals surface area contributed by atoms with Gasteiger partial charge in [0, 0.05) is 0 Å². The number of aryl methyl sites for hydroxylation is 1. The molecule has 1 rings (SSSR count). The zero-order valence-corrected chi connectivity index (χ0v) is 7.78. The first-order valence-corrected chi connectivity index (χ1v) is 4.50. The van der Waals surface area contributed by atoms with Gasteiger partial charge in [0.1, 0.15) is 11.6 Å². The number of phenolic OH excluding ortho intramolecular Hbond substituents is 1. The second-order valence-electron chi connectivity index (χ2n) is 3.05. The smallest absolute Gasteiger partial charge is 0.123 e. The Balaban J connectivity index is 2.53. The summed E-state index contributed by atoms with van der Waals surface area (Å²) < 4.78 is 12.8. The van der Waals surface area contributed by atoms with E-state index in [0.717, 1.165) is 12.7 Å². The number of phenols is 1. The van der Waals surface area contributed by atoms with Crippen LogP contribution in [0.3, 0.4) is 0 Å². The van der Waals surface area contributed by atoms with Gasteiger partial charge in [0.15, 0.2) is 0 Å². The second-order valence-corrected chi connectivity index (χ2v) is 3.05. The maximum Gasteiger partial charge on any atom is 0.123 e. The molecule has 0 aliphatic rings. The van der Waals surface area contributed by atoms with Crippen molar-refractivity contribution in [3.63, 3.8) is 0 Å². The SMILES string of the molecule is O/C=C/CCCc1cc(F)ccc1O. The number of halogens is 1. The molecule has 0 spiro atoms. The van der Waals surface area contributed by atoms with Crippen molar-refractivity contribution < 1.29 is 14.6 Å². The Kier molecular flexibility index (Phi) is 3.98. The molecule has 2 N–H and O–H groups in total. The molecule has 1 aromatic carbocycles. The molecule has 0 radical (unpaired) electrons. The predicted molar refractivity (Wildman–Crippen MR) is 52.8 cm³/mol. The van der Waals surface area contributed by atoms with E-state index in [9.17, 15) is 9.50 Å². The topological polar surface area (TPSA) is 40.5 Å². The predicted octanol–water partition coefficient (Wildman–Crippen LogP) is 2.93. The first-order valence-electron chi connectivity index (χ1n) is 4.50. The fraction of sp³-hybridized carbons (Fsp3) is 0.273. The number of unbranched alkanes of at least 4 members (excludes halogenated alkanes) is 1. The van der Waals surface area contributed by atoms with Gasteiger partial charge in [-0.1, -0.05) is 6.08 Å². The molecule has 0 aliphatic carbocycles. The largest absolute Gasteiger partial charge is 0.516 e. The minimum absolute atomic E-state index is 0.124. The van der Waals surface area contributed by atoms with Crippen molar-refractivity contribution in [2.75, 3.05) is 0 Å². The van der Waals surface area contributed by atoms with Gasteiger partial charge >= 0.3 is 0 Å². The van der Waals surface area contributed by atoms with Crippen molar-refractivity contribution in [2.24, 2.45) is 0 Å². The van der Waals surface area contributed by atoms with Crippen LogP contribution < -0.4 is 0 Å². The molecule has 3 heteroatoms. The average Bonchev–Trinajstić information content (AvgIpc) is 2.18. The second kappa shape index (κ2) is 5.27. The number of aliphatic hydroxyl groups is 1. The van der Waals surface area contributed by atoms with Crippen LogP contribution >= 0.6 is 0 Å². The molecule has 14 heavy (non-hydrogen) atoms. The van der Waals surface area contributed by atoms with E-state index in [1.807, 2.05) is 0 Å². The number of aromatic hydroxyl groups is 1. The van der Waals surface area contributed by atoms with Crippen LogP contribution in [-0.2, 0) is 6.42 Å². The molecule has 1 aromatic rings. The summed E-state index contributed by atoms with van der Waals surface area (Å²) in [6.45, 7) is 0. The van der Waals surface area contributed by atoms with E-state index in [1.165, 1.54) is 18.2 Å². The summed E-state index contributed by atoms with van der Waals surface area (Å²) in [6, 6.07) is 3.91. The molecule has 0 unspecified atom stereocenters. The standard InChI is InChI=1S/C11H13FO2/c12-10-5-6-11(14)9(8-10)4-2-1-3-7-13/h3,5-8,13-14H,1-2,4H2/b7-3+. The normalized spacial score (nSPS) is 10.9. The summed E-state index contributed by atoms with van der Waals surface area (Å²) in [5.74, 6) is -0.213. The summed E-state index contributed by atoms with van der Waals surface area (Å²) >= 11 is 0. The molecule has 0 bridgehead atoms. The Hall–Kier alpha value is -1.51. The first-order chi connectivity index (χ1) is 6.74. The lowest BCUT2D eigenvalue weighted by molar-refractivity contribution is 0.463. The van der Waals surface area contributed by atoms with Crippen LogP contribution in [0.1, 0.15) is 18.4 Å². The maximum absolute atomic E-state index is 12.8. The minimum Gasteiger partial charge on any atom is -0.516 e. The van der Waals surface area contributed by atoms with Gasteiger partial charge in [-0.05, 0) is 43.0 Å². The van der Waals surface area contributed by atoms with Crippen molar-refractivity contribution in [3.05, 3.63) is 41.9 Å². The van der Waals surface area contributed by atoms with Crippen LogP contribution in [0.5, 0.6) is 5.75 Å². The summed E-state index contributed by atoms with van der Waals surface area (Å²) in [4.78, 5) is 0. The van der Waals surface area contributed by atoms with E-state index in [-0.39, 0.29) is 11.6 Å². The zero-order valence-electron chi connectivity index (χ0n) is 7.78. The Morgan fingerprint density at radius 3 is 2.86 bits per heavy atom. The highest BCUT2D eigenvalue weighted by Crippen LogP contribution is 2.19. The molecule has 0 aromatic heterocycles. The number of allylic oxidation sites excluding steroid dienone is 1. The van der Waals surface area contributed by atoms with Gasteiger partial charge in [-0.2, -0.15) is 0 Å². The summed E-state index contributed by atoms with van der Waals surface area (Å²) in [5.41, 5.74) is 0.608. The molecular weight excluding hydrogens is 183 g/mol. The van der Waals surface area contributed by atoms with Gasteiger partial charge in [-0.15, -0.1) is 0 Å². The van der Waals surface area contributed by atoms with Crippen LogP contribution in [-0.4, -0.2) is 10.2 Å². The third kappa shape index (κ3) is 3.09. The number of rotatable bonds is 4. The highest BCUT2D eigenvalue weighted by Gasteiger charge is 2.01. The average molecular weight is 196 g/mol. The van der Waals surface area contributed by atoms with Gasteiger partial charge in [0.2, 0.25) is 0 Å². The highest BCUT2D eigenvalue weighted by atomic mass is 19.1. The van der Waals surface area contributed by atoms with E-state index < -0.39 is 0 Å². The van der Waals surface area contributed by atoms with Gasteiger partial charge < -0.3 is 10.2 Å². The van der Waals surface area contributed by atoms with Crippen LogP contribution in [0.2, 0.25) is 0 Å². The van der Waals surface area contributed by atoms with Crippen molar-refractivity contribution >= 4 is 0 Å². The number of hydrogen-bond acceptors (Lipinski definition) is 2. The third-order valence-corrected chi connectivity index (χ3v) is 1.96. The molecule has 2 nitrogen and oxygen atoms in total. The molecule has 76 valence electrons. The van der Waals surface area contributed by atoms with E-state index in [4.69, 9.17) is 5.11 Å². The Morgan fingerprint density at radius 2 is 2.14 bits per heavy atom. The maximum atomic E-state index is 12.8. The molecule has 0 heterocycles. The Bertz CT molecular complexity index is 321. The number of aliphatic hydroxyl groups excluding tert-OH is 1. The van der Waals surface area contributed by atoms with Crippen LogP contribution in [0.25, 0.3) is 0 Å². The number of hydrogen-bond donors (Lipinski definition) is 2. The quantitative estimate of drug-likeness (QED) is 0.574. The molecule has 0 aliphatic heterocycles. The van der Waals surface area contributed by atoms with Crippen molar-refractivity contribution in [3.8, 4) is 5.75 Å². The molecular formula is C11H13FO2. The van der Waals surface area contributed by atoms with Gasteiger partial charge in [-0.3, -0.25) is 0 Å². The van der Waals surface area contributed by atoms with E-state index >= 15 is 0 Å². The number of benzene rings is 1. The molecule has 0 amide bonds. The summed E-state index contributed by atoms with van der Waals surface area (Å²) in [6.07, 6.45) is 4.70. The monoisotopic (exact) mass is 196 g/mol. The fourth-order valence-electron chi connectivity index (χ4n) is 1.24. The van der Waals surface area contributed by atoms with Crippen molar-refractivity contribution in [1.82, 2.24) is 0 Å². The summed E-state index contributed by atoms with van der Waals surface area (Å²) in [7, 11) is 0. The van der Waals surface area contributed by atoms with Gasteiger partial charge in [0.25, 0.3) is 0 Å². The molecule has 0 atom stereocenters. The lowest BCUT2D eigenvalue weighted by Gasteiger charge is -2.02. The summed E-state index contributed by atoms with van der Waals surface area (Å²) in [5, 5.41) is 17.7. The lowest BCUT2D eigenvalue weighted by atomic mass is 10.1. The van der Waals surface area contributed by atoms with Crippen molar-refractivity contribution in [2.45, 2.75) is 19.3 Å². The fourth-order valence-corrected chi connectivity index (χ4v) is 1.24. The van der Waals surface area contributed by atoms with Crippen LogP contribution in [0.4, 0.5) is 4.39 Å². The van der Waals surface area contributed by atoms with Crippen molar-refractivity contribution in [1.29, 1.82) is 0 Å². The Labute approximate surface area is 82.3 Å². The molecule has 0 saturated carbocycles. The van der Waals surface area contributed by atoms with Crippen LogP contribution in [0, 0.1) is 5.82 Å². The van der Waals surface area contributed by atoms with E-state index in [0.29, 0.717) is 18.4 Å². The minimum atomic E-state index is -0.337. The lowest BCUT2D eigenvalue weighted by Crippen LogP contribution is -1.87. The third-order valence-electron chi connectivity index (χ3n) is 1.96. The van der Waals surface area contributed by atoms with Gasteiger partial charge in [-0.25, -0.2) is 4.39 Å². The molecule has 0 fully saturated rings. The van der Waals surface area contributed by atoms with E-state index in [2.05, 4.69) is 0 Å². The van der Waals surface area contributed by atoms with Gasteiger partial charge in [0.05, 0.1) is 6.26 Å². The first kappa shape index (κ1) is 10.6. The Morgan fingerprint density at radius 1 is 1.36 bits per heavy atom. The molecule has 0 saturated heterocycles. The van der Waals surface area contributed by atoms with E-state index in [1.54, 1.807) is 6.08 Å². The highest BCUT2D eigenvalue weighted by molar-refractivity contribution is 5.32. The zero-order chi connectivity index (χ0) is 10.4.